The molecule has 0 atom stereocenters. The van der Waals surface area contributed by atoms with Crippen molar-refractivity contribution < 1.29 is 13.5 Å². The zero-order chi connectivity index (χ0) is 15.6. The highest BCUT2D eigenvalue weighted by Crippen LogP contribution is 2.32. The molecule has 0 aliphatic carbocycles. The minimum atomic E-state index is -1.01. The molecule has 2 rings (SSSR count). The van der Waals surface area contributed by atoms with Gasteiger partial charge in [0, 0.05) is 0 Å². The predicted octanol–water partition coefficient (Wildman–Crippen LogP) is 2.32. The monoisotopic (exact) mass is 309 g/mol. The number of methoxy groups -OCH3 is 1. The van der Waals surface area contributed by atoms with Crippen molar-refractivity contribution in [3.8, 4) is 23.1 Å². The second-order valence-electron chi connectivity index (χ2n) is 3.85. The predicted molar refractivity (Wildman–Crippen MR) is 73.3 cm³/mol. The Morgan fingerprint density at radius 3 is 2.71 bits per heavy atom. The number of nitrogens with zero attached hydrogens (tertiary/aromatic N) is 2. The van der Waals surface area contributed by atoms with Crippen LogP contribution in [0.2, 0.25) is 0 Å². The number of hydrogen-bond donors (Lipinski definition) is 1. The maximum absolute atomic E-state index is 14.3. The molecule has 0 unspecified atom stereocenters. The first-order valence-corrected chi connectivity index (χ1v) is 6.86. The molecule has 0 radical (unpaired) electrons. The SMILES string of the molecule is COc1ccc(F)c(-c2nc(SC)[nH]c(=O)c2C#N)c1F. The Morgan fingerprint density at radius 1 is 1.43 bits per heavy atom. The van der Waals surface area contributed by atoms with Crippen LogP contribution in [0.15, 0.2) is 22.1 Å². The molecule has 1 N–H and O–H groups in total. The number of nitriles is 1. The van der Waals surface area contributed by atoms with Crippen molar-refractivity contribution in [2.45, 2.75) is 5.16 Å². The molecule has 0 amide bonds. The van der Waals surface area contributed by atoms with Gasteiger partial charge in [0.05, 0.1) is 12.7 Å². The molecule has 0 saturated carbocycles. The van der Waals surface area contributed by atoms with Gasteiger partial charge in [-0.2, -0.15) is 5.26 Å². The number of ether oxygens (including phenoxy) is 1. The smallest absolute Gasteiger partial charge is 0.270 e. The maximum Gasteiger partial charge on any atom is 0.270 e. The molecular weight excluding hydrogens is 300 g/mol. The maximum atomic E-state index is 14.3. The van der Waals surface area contributed by atoms with E-state index in [9.17, 15) is 13.6 Å². The van der Waals surface area contributed by atoms with Crippen LogP contribution in [-0.2, 0) is 0 Å². The zero-order valence-corrected chi connectivity index (χ0v) is 11.8. The van der Waals surface area contributed by atoms with Gasteiger partial charge in [-0.1, -0.05) is 11.8 Å². The van der Waals surface area contributed by atoms with Gasteiger partial charge in [-0.25, -0.2) is 13.8 Å². The van der Waals surface area contributed by atoms with Crippen LogP contribution in [0.3, 0.4) is 0 Å². The number of benzene rings is 1. The summed E-state index contributed by atoms with van der Waals surface area (Å²) in [4.78, 5) is 18.1. The summed E-state index contributed by atoms with van der Waals surface area (Å²) in [7, 11) is 1.23. The molecule has 1 aromatic heterocycles. The number of halogens is 2. The molecule has 0 aliphatic rings. The standard InChI is InChI=1S/C13H9F2N3O2S/c1-20-8-4-3-7(14)9(10(8)15)11-6(5-16)12(19)18-13(17-11)21-2/h3-4H,1-2H3,(H,17,18,19). The minimum absolute atomic E-state index is 0.149. The van der Waals surface area contributed by atoms with E-state index >= 15 is 0 Å². The second kappa shape index (κ2) is 5.93. The molecule has 108 valence electrons. The van der Waals surface area contributed by atoms with E-state index in [0.29, 0.717) is 0 Å². The Morgan fingerprint density at radius 2 is 2.14 bits per heavy atom. The third-order valence-corrected chi connectivity index (χ3v) is 3.30. The van der Waals surface area contributed by atoms with E-state index in [1.807, 2.05) is 0 Å². The van der Waals surface area contributed by atoms with E-state index in [1.165, 1.54) is 7.11 Å². The topological polar surface area (TPSA) is 78.8 Å². The average molecular weight is 309 g/mol. The van der Waals surface area contributed by atoms with Crippen LogP contribution in [0.25, 0.3) is 11.3 Å². The lowest BCUT2D eigenvalue weighted by Crippen LogP contribution is -2.15. The second-order valence-corrected chi connectivity index (χ2v) is 4.64. The number of aromatic amines is 1. The van der Waals surface area contributed by atoms with E-state index in [-0.39, 0.29) is 16.6 Å². The lowest BCUT2D eigenvalue weighted by atomic mass is 10.1. The lowest BCUT2D eigenvalue weighted by molar-refractivity contribution is 0.385. The number of H-pyrrole nitrogens is 1. The fourth-order valence-electron chi connectivity index (χ4n) is 1.74. The number of aromatic nitrogens is 2. The Labute approximate surface area is 122 Å². The summed E-state index contributed by atoms with van der Waals surface area (Å²) in [5, 5.41) is 9.19. The van der Waals surface area contributed by atoms with Crippen LogP contribution < -0.4 is 10.3 Å². The summed E-state index contributed by atoms with van der Waals surface area (Å²) in [6.45, 7) is 0. The van der Waals surface area contributed by atoms with Crippen LogP contribution >= 0.6 is 11.8 Å². The molecule has 0 fully saturated rings. The Balaban J connectivity index is 2.88. The summed E-state index contributed by atoms with van der Waals surface area (Å²) in [5.74, 6) is -2.16. The van der Waals surface area contributed by atoms with Gasteiger partial charge in [0.25, 0.3) is 5.56 Å². The van der Waals surface area contributed by atoms with Crippen molar-refractivity contribution in [3.63, 3.8) is 0 Å². The fourth-order valence-corrected chi connectivity index (χ4v) is 2.12. The first kappa shape index (κ1) is 15.0. The molecular formula is C13H9F2N3O2S. The highest BCUT2D eigenvalue weighted by atomic mass is 32.2. The van der Waals surface area contributed by atoms with Gasteiger partial charge in [0.1, 0.15) is 23.1 Å². The van der Waals surface area contributed by atoms with Crippen molar-refractivity contribution >= 4 is 11.8 Å². The van der Waals surface area contributed by atoms with Crippen molar-refractivity contribution in [1.29, 1.82) is 5.26 Å². The van der Waals surface area contributed by atoms with Gasteiger partial charge in [-0.15, -0.1) is 0 Å². The molecule has 21 heavy (non-hydrogen) atoms. The van der Waals surface area contributed by atoms with E-state index in [1.54, 1.807) is 12.3 Å². The number of thioether (sulfide) groups is 1. The first-order valence-electron chi connectivity index (χ1n) is 5.64. The number of nitrogens with one attached hydrogen (secondary N) is 1. The molecule has 5 nitrogen and oxygen atoms in total. The van der Waals surface area contributed by atoms with E-state index in [2.05, 4.69) is 9.97 Å². The van der Waals surface area contributed by atoms with Crippen LogP contribution in [0.1, 0.15) is 5.56 Å². The number of rotatable bonds is 3. The van der Waals surface area contributed by atoms with Crippen molar-refractivity contribution in [3.05, 3.63) is 39.7 Å². The zero-order valence-electron chi connectivity index (χ0n) is 11.0. The normalized spacial score (nSPS) is 10.2. The summed E-state index contributed by atoms with van der Waals surface area (Å²) >= 11 is 1.08. The van der Waals surface area contributed by atoms with Gasteiger partial charge >= 0.3 is 0 Å². The van der Waals surface area contributed by atoms with Crippen LogP contribution in [0, 0.1) is 23.0 Å². The summed E-state index contributed by atoms with van der Waals surface area (Å²) < 4.78 is 33.0. The van der Waals surface area contributed by atoms with Crippen LogP contribution in [0.5, 0.6) is 5.75 Å². The molecule has 0 bridgehead atoms. The third kappa shape index (κ3) is 2.60. The molecule has 2 aromatic rings. The summed E-state index contributed by atoms with van der Waals surface area (Å²) in [5.41, 5.74) is -2.13. The van der Waals surface area contributed by atoms with E-state index in [4.69, 9.17) is 10.00 Å². The summed E-state index contributed by atoms with van der Waals surface area (Å²) in [6.07, 6.45) is 1.63. The Kier molecular flexibility index (Phi) is 4.23. The quantitative estimate of drug-likeness (QED) is 0.695. The van der Waals surface area contributed by atoms with Crippen molar-refractivity contribution in [2.75, 3.05) is 13.4 Å². The molecule has 0 aliphatic heterocycles. The van der Waals surface area contributed by atoms with Gasteiger partial charge < -0.3 is 9.72 Å². The highest BCUT2D eigenvalue weighted by molar-refractivity contribution is 7.98. The third-order valence-electron chi connectivity index (χ3n) is 2.72. The minimum Gasteiger partial charge on any atom is -0.494 e. The first-order chi connectivity index (χ1) is 10.0. The molecule has 8 heteroatoms. The Bertz CT molecular complexity index is 799. The Hall–Kier alpha value is -2.40. The lowest BCUT2D eigenvalue weighted by Gasteiger charge is -2.10. The van der Waals surface area contributed by atoms with E-state index < -0.39 is 28.3 Å². The molecule has 1 aromatic carbocycles. The molecule has 0 spiro atoms. The van der Waals surface area contributed by atoms with Crippen molar-refractivity contribution in [2.24, 2.45) is 0 Å². The number of hydrogen-bond acceptors (Lipinski definition) is 5. The largest absolute Gasteiger partial charge is 0.494 e. The van der Waals surface area contributed by atoms with Gasteiger partial charge in [-0.05, 0) is 18.4 Å². The fraction of sp³-hybridized carbons (Fsp3) is 0.154. The average Bonchev–Trinajstić information content (AvgIpc) is 2.47. The van der Waals surface area contributed by atoms with Gasteiger partial charge in [-0.3, -0.25) is 4.79 Å². The van der Waals surface area contributed by atoms with Gasteiger partial charge in [0.2, 0.25) is 0 Å². The van der Waals surface area contributed by atoms with Crippen molar-refractivity contribution in [1.82, 2.24) is 9.97 Å². The van der Waals surface area contributed by atoms with E-state index in [0.717, 1.165) is 23.9 Å². The highest BCUT2D eigenvalue weighted by Gasteiger charge is 2.22. The van der Waals surface area contributed by atoms with Crippen LogP contribution in [0.4, 0.5) is 8.78 Å². The van der Waals surface area contributed by atoms with Crippen LogP contribution in [-0.4, -0.2) is 23.3 Å². The van der Waals surface area contributed by atoms with Gasteiger partial charge in [0.15, 0.2) is 16.7 Å². The summed E-state index contributed by atoms with van der Waals surface area (Å²) in [6, 6.07) is 3.72. The molecule has 1 heterocycles. The molecule has 0 saturated heterocycles.